The number of carbonyl (C=O) groups is 2. The Morgan fingerprint density at radius 2 is 0.607 bits per heavy atom. The molecule has 4 aromatic rings. The van der Waals surface area contributed by atoms with Gasteiger partial charge >= 0.3 is 19.5 Å². The maximum absolute atomic E-state index is 10.2. The Hall–Kier alpha value is 19.8. The van der Waals surface area contributed by atoms with Crippen LogP contribution in [0.25, 0.3) is 33.6 Å². The Morgan fingerprint density at radius 1 is 0.426 bits per heavy atom. The van der Waals surface area contributed by atoms with E-state index in [0.29, 0.717) is 35.8 Å². The van der Waals surface area contributed by atoms with Crippen LogP contribution in [0.2, 0.25) is 0 Å². The van der Waals surface area contributed by atoms with Crippen LogP contribution in [0.1, 0.15) is 11.1 Å². The van der Waals surface area contributed by atoms with Crippen molar-refractivity contribution in [2.24, 2.45) is 0 Å². The fourth-order valence-corrected chi connectivity index (χ4v) is 2.59. The Kier molecular flexibility index (Phi) is 289. The molecule has 0 saturated heterocycles. The molecule has 0 aromatic carbocycles. The van der Waals surface area contributed by atoms with Gasteiger partial charge in [0.2, 0.25) is 0 Å². The number of hydrogen-bond acceptors (Lipinski definition) is 10. The van der Waals surface area contributed by atoms with Crippen LogP contribution in [0, 0.1) is 13.8 Å². The number of nitrogens with zero attached hydrogens (tertiary/aromatic N) is 6. The second kappa shape index (κ2) is 114. The van der Waals surface area contributed by atoms with Gasteiger partial charge in [-0.2, -0.15) is 35.3 Å². The van der Waals surface area contributed by atoms with E-state index in [-0.39, 0.29) is 739 Å². The molecule has 0 N–H and O–H groups in total. The molecule has 35 heteroatoms. The molecule has 0 aliphatic carbocycles. The monoisotopic (exact) mass is 2600 g/mol. The van der Waals surface area contributed by atoms with Crippen molar-refractivity contribution >= 4 is 47.7 Å². The van der Waals surface area contributed by atoms with E-state index in [9.17, 15) is 9.59 Å². The van der Waals surface area contributed by atoms with Crippen LogP contribution in [-0.4, -0.2) is 43.2 Å². The minimum absolute atomic E-state index is 0. The Balaban J connectivity index is -0.0000000150. The minimum atomic E-state index is 0. The maximum atomic E-state index is 10.2. The predicted molar refractivity (Wildman–Crippen MR) is 149 cm³/mol. The molecule has 61 heavy (non-hydrogen) atoms. The summed E-state index contributed by atoms with van der Waals surface area (Å²) in [6.45, 7) is 8.36. The zero-order chi connectivity index (χ0) is 28.2. The molecule has 22 radical (unpaired) electrons. The molecule has 0 spiro atoms. The molecule has 4 heterocycles. The Morgan fingerprint density at radius 3 is 0.787 bits per heavy atom. The second-order valence-electron chi connectivity index (χ2n) is 6.46. The molecule has 0 bridgehead atoms. The summed E-state index contributed by atoms with van der Waals surface area (Å²) < 4.78 is 9.42. The van der Waals surface area contributed by atoms with Crippen LogP contribution >= 0.6 is 24.4 Å². The van der Waals surface area contributed by atoms with E-state index in [2.05, 4.69) is 58.2 Å². The molecule has 0 amide bonds. The molecule has 0 aliphatic heterocycles. The number of pyridine rings is 4. The van der Waals surface area contributed by atoms with Gasteiger partial charge in [-0.25, -0.2) is 0 Å². The number of isothiocyanates is 2. The second-order valence-corrected chi connectivity index (χ2v) is 6.83. The van der Waals surface area contributed by atoms with E-state index in [1.54, 1.807) is 36.7 Å². The number of aromatic nitrogens is 4. The molecule has 0 fully saturated rings. The van der Waals surface area contributed by atoms with Crippen LogP contribution in [0.15, 0.2) is 73.3 Å². The van der Waals surface area contributed by atoms with Gasteiger partial charge in [0, 0.05) is 756 Å². The van der Waals surface area contributed by atoms with Crippen LogP contribution in [0.3, 0.4) is 0 Å². The number of ether oxygens (including phenoxy) is 2. The molecular formula is C26H18N6O4RuS2Y22-2. The van der Waals surface area contributed by atoms with Crippen molar-refractivity contribution in [3.05, 3.63) is 109 Å². The first-order valence-electron chi connectivity index (χ1n) is 10.1. The average Bonchev–Trinajstić information content (AvgIpc) is 2.91. The van der Waals surface area contributed by atoms with Crippen molar-refractivity contribution < 1.29 is 758 Å². The fourth-order valence-electron chi connectivity index (χ4n) is 2.59. The topological polar surface area (TPSA) is 149 Å². The van der Waals surface area contributed by atoms with Crippen molar-refractivity contribution in [2.75, 3.05) is 0 Å². The summed E-state index contributed by atoms with van der Waals surface area (Å²) in [6.07, 6.45) is 6.44. The summed E-state index contributed by atoms with van der Waals surface area (Å²) in [5.41, 5.74) is 4.56. The van der Waals surface area contributed by atoms with Gasteiger partial charge in [0.15, 0.2) is 0 Å². The smallest absolute Gasteiger partial charge is 0.753 e. The van der Waals surface area contributed by atoms with Gasteiger partial charge in [-0.15, -0.1) is 24.3 Å². The Labute approximate surface area is 939 Å². The summed E-state index contributed by atoms with van der Waals surface area (Å²) in [4.78, 5) is 37.1. The van der Waals surface area contributed by atoms with Gasteiger partial charge in [-0.1, -0.05) is 24.4 Å². The van der Waals surface area contributed by atoms with Crippen molar-refractivity contribution in [1.82, 2.24) is 19.9 Å². The fraction of sp³-hybridized carbons (Fsp3) is 0. The van der Waals surface area contributed by atoms with Gasteiger partial charge in [-0.05, 0) is 24.5 Å². The normalized spacial score (nSPS) is 5.38. The maximum Gasteiger partial charge on any atom is 2.00 e. The molecule has 0 atom stereocenters. The first-order valence-corrected chi connectivity index (χ1v) is 11.0. The quantitative estimate of drug-likeness (QED) is 0.0852. The number of rotatable bonds is 6. The Bertz CT molecular complexity index is 1360. The van der Waals surface area contributed by atoms with E-state index < -0.39 is 0 Å². The summed E-state index contributed by atoms with van der Waals surface area (Å²) in [6, 6.07) is 13.7. The summed E-state index contributed by atoms with van der Waals surface area (Å²) in [7, 11) is 0. The first-order chi connectivity index (χ1) is 18.4. The third-order valence-electron chi connectivity index (χ3n) is 4.00. The van der Waals surface area contributed by atoms with Gasteiger partial charge in [0.25, 0.3) is 12.9 Å². The molecule has 10 nitrogen and oxygen atoms in total. The third kappa shape index (κ3) is 88.7. The summed E-state index contributed by atoms with van der Waals surface area (Å²) in [5.74, 6) is 0.719. The molecular weight excluding hydrogens is 2580 g/mol. The van der Waals surface area contributed by atoms with E-state index in [0.717, 1.165) is 22.5 Å². The predicted octanol–water partition coefficient (Wildman–Crippen LogP) is 4.98. The van der Waals surface area contributed by atoms with Gasteiger partial charge in [0.1, 0.15) is 11.5 Å². The van der Waals surface area contributed by atoms with Crippen molar-refractivity contribution in [2.45, 2.75) is 0 Å². The molecule has 4 rings (SSSR count). The van der Waals surface area contributed by atoms with Crippen molar-refractivity contribution in [3.63, 3.8) is 0 Å². The summed E-state index contributed by atoms with van der Waals surface area (Å²) >= 11 is 7.40. The van der Waals surface area contributed by atoms with Crippen molar-refractivity contribution in [1.29, 1.82) is 0 Å². The zero-order valence-corrected chi connectivity index (χ0v) is 98.5. The molecule has 0 unspecified atom stereocenters. The van der Waals surface area contributed by atoms with Crippen LogP contribution in [0.5, 0.6) is 11.5 Å². The third-order valence-corrected chi connectivity index (χ3v) is 4.00. The molecule has 0 saturated carbocycles. The summed E-state index contributed by atoms with van der Waals surface area (Å²) in [5, 5.41) is 16.9. The van der Waals surface area contributed by atoms with Crippen molar-refractivity contribution in [3.8, 4) is 34.3 Å². The SMILES string of the molecule is O=COc1ccnc(-c2cc(OC=O)ccn2)c1.[CH2-]c1ccnc(-c2cc([CH2-])ccn2)c1.[N-]=C=S.[N-]=C=S.[Ru+2].[Y].[Y].[Y].[Y].[Y].[Y].[Y].[Y].[Y].[Y].[Y].[Y].[Y].[Y].[Y].[Y].[Y].[Y].[Y].[Y].[Y].[Y]. The van der Waals surface area contributed by atoms with E-state index in [1.165, 1.54) is 22.7 Å². The molecule has 264 valence electrons. The van der Waals surface area contributed by atoms with Crippen LogP contribution in [0.4, 0.5) is 0 Å². The van der Waals surface area contributed by atoms with Gasteiger partial charge < -0.3 is 20.3 Å². The zero-order valence-electron chi connectivity index (χ0n) is 32.7. The van der Waals surface area contributed by atoms with Crippen LogP contribution in [-0.2, 0) is 749 Å². The minimum Gasteiger partial charge on any atom is -0.753 e. The largest absolute Gasteiger partial charge is 2.00 e. The number of thiocarbonyl (C=S) groups is 2. The van der Waals surface area contributed by atoms with Crippen LogP contribution < -0.4 is 9.47 Å². The van der Waals surface area contributed by atoms with Gasteiger partial charge in [0.05, 0.1) is 11.4 Å². The van der Waals surface area contributed by atoms with E-state index >= 15 is 0 Å². The first kappa shape index (κ1) is 154. The standard InChI is InChI=1S/C12H8N2O4.C12H10N2.2CNS.Ru.22Y/c15-7-17-9-1-3-13-11(5-9)12-6-10(18-8-16)2-4-14-12;1-9-3-5-13-11(7-9)12-8-10(2)4-6-14-12;2*2-1-3;;;;;;;;;;;;;;;;;;;;;;;/h1-8H;3-8H,1-2H2;;;;;;;;;;;;;;;;;;;;;;;;;/q;-2;2*-1;+2;;;;;;;;;;;;;;;;;;;;;;. The van der Waals surface area contributed by atoms with Gasteiger partial charge in [-0.3, -0.25) is 29.5 Å². The van der Waals surface area contributed by atoms with E-state index in [1.807, 2.05) is 24.3 Å². The average molecular weight is 2600 g/mol. The number of carbonyl (C=O) groups excluding carboxylic acids is 2. The molecule has 0 aliphatic rings. The number of hydrogen-bond donors (Lipinski definition) is 0. The molecule has 4 aromatic heterocycles. The van der Waals surface area contributed by atoms with E-state index in [4.69, 9.17) is 20.3 Å².